The van der Waals surface area contributed by atoms with Crippen LogP contribution in [0.15, 0.2) is 41.1 Å². The van der Waals surface area contributed by atoms with Gasteiger partial charge < -0.3 is 14.6 Å². The average Bonchev–Trinajstić information content (AvgIpc) is 3.48. The highest BCUT2D eigenvalue weighted by Crippen LogP contribution is 2.41. The average molecular weight is 431 g/mol. The van der Waals surface area contributed by atoms with E-state index >= 15 is 0 Å². The number of methoxy groups -OCH3 is 1. The summed E-state index contributed by atoms with van der Waals surface area (Å²) in [5, 5.41) is 12.3. The molecule has 0 saturated heterocycles. The number of carbonyl (C=O) groups is 1. The molecule has 8 heteroatoms. The zero-order chi connectivity index (χ0) is 22.4. The lowest BCUT2D eigenvalue weighted by Crippen LogP contribution is -2.27. The van der Waals surface area contributed by atoms with E-state index in [4.69, 9.17) is 9.26 Å². The van der Waals surface area contributed by atoms with Gasteiger partial charge in [-0.25, -0.2) is 4.98 Å². The Hall–Kier alpha value is -3.68. The minimum Gasteiger partial charge on any atom is -0.497 e. The van der Waals surface area contributed by atoms with E-state index in [0.29, 0.717) is 28.3 Å². The van der Waals surface area contributed by atoms with Gasteiger partial charge >= 0.3 is 0 Å². The van der Waals surface area contributed by atoms with Crippen LogP contribution in [0.1, 0.15) is 59.0 Å². The monoisotopic (exact) mass is 431 g/mol. The van der Waals surface area contributed by atoms with Crippen LogP contribution in [-0.2, 0) is 7.05 Å². The molecule has 32 heavy (non-hydrogen) atoms. The quantitative estimate of drug-likeness (QED) is 0.489. The molecular weight excluding hydrogens is 406 g/mol. The number of fused-ring (bicyclic) bond motifs is 1. The predicted molar refractivity (Wildman–Crippen MR) is 120 cm³/mol. The first-order valence-electron chi connectivity index (χ1n) is 10.7. The van der Waals surface area contributed by atoms with Gasteiger partial charge in [0.25, 0.3) is 11.6 Å². The molecule has 1 N–H and O–H groups in total. The zero-order valence-electron chi connectivity index (χ0n) is 18.5. The fourth-order valence-corrected chi connectivity index (χ4v) is 3.98. The minimum absolute atomic E-state index is 0.187. The van der Waals surface area contributed by atoms with E-state index in [0.717, 1.165) is 41.1 Å². The van der Waals surface area contributed by atoms with Gasteiger partial charge in [-0.05, 0) is 57.0 Å². The van der Waals surface area contributed by atoms with Gasteiger partial charge in [-0.15, -0.1) is 0 Å². The molecule has 1 amide bonds. The molecule has 1 aromatic carbocycles. The molecule has 4 aromatic rings. The number of carbonyl (C=O) groups excluding carboxylic acids is 1. The Kier molecular flexibility index (Phi) is 4.92. The van der Waals surface area contributed by atoms with Crippen molar-refractivity contribution in [1.82, 2.24) is 25.2 Å². The Morgan fingerprint density at radius 1 is 1.28 bits per heavy atom. The van der Waals surface area contributed by atoms with Gasteiger partial charge in [-0.2, -0.15) is 5.10 Å². The van der Waals surface area contributed by atoms with Crippen molar-refractivity contribution in [3.63, 3.8) is 0 Å². The lowest BCUT2D eigenvalue weighted by Gasteiger charge is -2.15. The van der Waals surface area contributed by atoms with Gasteiger partial charge in [0.1, 0.15) is 11.4 Å². The van der Waals surface area contributed by atoms with E-state index in [1.54, 1.807) is 18.0 Å². The molecule has 164 valence electrons. The molecule has 1 fully saturated rings. The van der Waals surface area contributed by atoms with Gasteiger partial charge in [0, 0.05) is 35.5 Å². The summed E-state index contributed by atoms with van der Waals surface area (Å²) >= 11 is 0. The van der Waals surface area contributed by atoms with Crippen LogP contribution in [0, 0.1) is 6.92 Å². The van der Waals surface area contributed by atoms with Crippen LogP contribution in [0.2, 0.25) is 0 Å². The lowest BCUT2D eigenvalue weighted by molar-refractivity contribution is 0.0941. The number of rotatable bonds is 6. The van der Waals surface area contributed by atoms with E-state index in [-0.39, 0.29) is 11.9 Å². The highest BCUT2D eigenvalue weighted by Gasteiger charge is 2.30. The fourth-order valence-electron chi connectivity index (χ4n) is 3.98. The third kappa shape index (κ3) is 3.51. The van der Waals surface area contributed by atoms with Gasteiger partial charge in [0.2, 0.25) is 0 Å². The number of benzene rings is 1. The number of hydrogen-bond donors (Lipinski definition) is 1. The summed E-state index contributed by atoms with van der Waals surface area (Å²) < 4.78 is 12.7. The molecule has 8 nitrogen and oxygen atoms in total. The number of aromatic nitrogens is 4. The maximum atomic E-state index is 13.5. The predicted octanol–water partition coefficient (Wildman–Crippen LogP) is 4.31. The number of nitrogens with one attached hydrogen (secondary N) is 1. The van der Waals surface area contributed by atoms with Gasteiger partial charge in [0.05, 0.1) is 30.3 Å². The number of amides is 1. The fraction of sp³-hybridized carbons (Fsp3) is 0.333. The number of pyridine rings is 1. The standard InChI is InChI=1S/C24H25N5O3/c1-13(19-12-25-29(3)14(19)2)26-23(30)18-11-20(15-5-6-15)27-24-21(18)22(28-32-24)16-7-9-17(31-4)10-8-16/h7-13,15H,5-6H2,1-4H3,(H,26,30). The summed E-state index contributed by atoms with van der Waals surface area (Å²) in [4.78, 5) is 18.1. The summed E-state index contributed by atoms with van der Waals surface area (Å²) in [6, 6.07) is 9.20. The van der Waals surface area contributed by atoms with Crippen LogP contribution in [0.4, 0.5) is 0 Å². The maximum absolute atomic E-state index is 13.5. The summed E-state index contributed by atoms with van der Waals surface area (Å²) in [7, 11) is 3.51. The molecule has 5 rings (SSSR count). The Bertz CT molecular complexity index is 1300. The lowest BCUT2D eigenvalue weighted by atomic mass is 10.0. The first-order valence-corrected chi connectivity index (χ1v) is 10.7. The van der Waals surface area contributed by atoms with Crippen molar-refractivity contribution in [3.8, 4) is 17.0 Å². The second kappa shape index (κ2) is 7.78. The molecule has 3 aromatic heterocycles. The van der Waals surface area contributed by atoms with Crippen molar-refractivity contribution in [2.75, 3.05) is 7.11 Å². The van der Waals surface area contributed by atoms with Gasteiger partial charge in [0.15, 0.2) is 0 Å². The number of hydrogen-bond acceptors (Lipinski definition) is 6. The SMILES string of the molecule is COc1ccc(-c2noc3nc(C4CC4)cc(C(=O)NC(C)c4cnn(C)c4C)c23)cc1. The summed E-state index contributed by atoms with van der Waals surface area (Å²) in [6.07, 6.45) is 3.94. The first kappa shape index (κ1) is 20.2. The van der Waals surface area contributed by atoms with Crippen molar-refractivity contribution >= 4 is 17.0 Å². The molecular formula is C24H25N5O3. The van der Waals surface area contributed by atoms with Crippen molar-refractivity contribution in [2.24, 2.45) is 7.05 Å². The molecule has 0 radical (unpaired) electrons. The van der Waals surface area contributed by atoms with Crippen LogP contribution in [0.25, 0.3) is 22.4 Å². The highest BCUT2D eigenvalue weighted by molar-refractivity contribution is 6.09. The second-order valence-corrected chi connectivity index (χ2v) is 8.31. The molecule has 0 spiro atoms. The van der Waals surface area contributed by atoms with Crippen LogP contribution >= 0.6 is 0 Å². The van der Waals surface area contributed by atoms with Crippen molar-refractivity contribution in [2.45, 2.75) is 38.6 Å². The molecule has 0 aliphatic heterocycles. The Labute approximate surface area is 185 Å². The summed E-state index contributed by atoms with van der Waals surface area (Å²) in [5.41, 5.74) is 5.20. The van der Waals surface area contributed by atoms with Crippen LogP contribution in [0.5, 0.6) is 5.75 Å². The summed E-state index contributed by atoms with van der Waals surface area (Å²) in [5.74, 6) is 0.931. The van der Waals surface area contributed by atoms with E-state index in [1.165, 1.54) is 0 Å². The second-order valence-electron chi connectivity index (χ2n) is 8.31. The van der Waals surface area contributed by atoms with Crippen LogP contribution < -0.4 is 10.1 Å². The zero-order valence-corrected chi connectivity index (χ0v) is 18.5. The van der Waals surface area contributed by atoms with Crippen molar-refractivity contribution in [1.29, 1.82) is 0 Å². The Morgan fingerprint density at radius 3 is 2.66 bits per heavy atom. The molecule has 1 saturated carbocycles. The smallest absolute Gasteiger partial charge is 0.259 e. The number of nitrogens with zero attached hydrogens (tertiary/aromatic N) is 4. The molecule has 1 aliphatic rings. The largest absolute Gasteiger partial charge is 0.497 e. The van der Waals surface area contributed by atoms with E-state index < -0.39 is 0 Å². The molecule has 1 atom stereocenters. The van der Waals surface area contributed by atoms with Gasteiger partial charge in [-0.1, -0.05) is 5.16 Å². The van der Waals surface area contributed by atoms with Crippen LogP contribution in [-0.4, -0.2) is 32.9 Å². The molecule has 0 bridgehead atoms. The van der Waals surface area contributed by atoms with Gasteiger partial charge in [-0.3, -0.25) is 9.48 Å². The summed E-state index contributed by atoms with van der Waals surface area (Å²) in [6.45, 7) is 3.95. The third-order valence-electron chi connectivity index (χ3n) is 6.16. The van der Waals surface area contributed by atoms with E-state index in [1.807, 2.05) is 51.2 Å². The maximum Gasteiger partial charge on any atom is 0.259 e. The Balaban J connectivity index is 1.57. The molecule has 3 heterocycles. The van der Waals surface area contributed by atoms with E-state index in [9.17, 15) is 4.79 Å². The number of ether oxygens (including phenoxy) is 1. The normalized spacial score (nSPS) is 14.5. The van der Waals surface area contributed by atoms with E-state index in [2.05, 4.69) is 20.6 Å². The highest BCUT2D eigenvalue weighted by atomic mass is 16.5. The Morgan fingerprint density at radius 2 is 2.03 bits per heavy atom. The molecule has 1 unspecified atom stereocenters. The number of aryl methyl sites for hydroxylation is 1. The van der Waals surface area contributed by atoms with Crippen LogP contribution in [0.3, 0.4) is 0 Å². The van der Waals surface area contributed by atoms with Crippen molar-refractivity contribution in [3.05, 3.63) is 59.0 Å². The molecule has 1 aliphatic carbocycles. The first-order chi connectivity index (χ1) is 15.5. The minimum atomic E-state index is -0.201. The topological polar surface area (TPSA) is 95.1 Å². The van der Waals surface area contributed by atoms with Crippen molar-refractivity contribution < 1.29 is 14.1 Å². The third-order valence-corrected chi connectivity index (χ3v) is 6.16.